The number of methoxy groups -OCH3 is 2. The van der Waals surface area contributed by atoms with Crippen molar-refractivity contribution in [2.45, 2.75) is 6.54 Å². The van der Waals surface area contributed by atoms with Crippen molar-refractivity contribution in [1.29, 1.82) is 0 Å². The molecule has 0 radical (unpaired) electrons. The van der Waals surface area contributed by atoms with Crippen molar-refractivity contribution >= 4 is 0 Å². The van der Waals surface area contributed by atoms with Crippen LogP contribution < -0.4 is 14.8 Å². The molecule has 0 atom stereocenters. The van der Waals surface area contributed by atoms with Crippen LogP contribution in [0.15, 0.2) is 48.5 Å². The molecule has 4 heteroatoms. The molecule has 0 spiro atoms. The maximum Gasteiger partial charge on any atom is 0.169 e. The topological polar surface area (TPSA) is 39.7 Å². The summed E-state index contributed by atoms with van der Waals surface area (Å²) in [5, 5.41) is 3.30. The summed E-state index contributed by atoms with van der Waals surface area (Å²) in [6, 6.07) is 15.6. The van der Waals surface area contributed by atoms with Crippen LogP contribution >= 0.6 is 0 Å². The monoisotopic (exact) mass is 287 g/mol. The van der Waals surface area contributed by atoms with E-state index in [4.69, 9.17) is 14.2 Å². The zero-order chi connectivity index (χ0) is 14.9. The van der Waals surface area contributed by atoms with Crippen LogP contribution in [0.3, 0.4) is 0 Å². The summed E-state index contributed by atoms with van der Waals surface area (Å²) in [7, 11) is 3.34. The molecule has 2 aromatic carbocycles. The molecule has 0 amide bonds. The maximum atomic E-state index is 5.83. The summed E-state index contributed by atoms with van der Waals surface area (Å²) in [5.41, 5.74) is 1.21. The van der Waals surface area contributed by atoms with E-state index in [9.17, 15) is 0 Å². The standard InChI is InChI=1S/C17H21NO3/c1-19-12-11-18-13-14-7-9-15(10-8-14)21-17-6-4-3-5-16(17)20-2/h3-10,18H,11-13H2,1-2H3. The quantitative estimate of drug-likeness (QED) is 0.757. The van der Waals surface area contributed by atoms with Gasteiger partial charge in [-0.25, -0.2) is 0 Å². The highest BCUT2D eigenvalue weighted by molar-refractivity contribution is 5.42. The van der Waals surface area contributed by atoms with Crippen LogP contribution in [0.25, 0.3) is 0 Å². The van der Waals surface area contributed by atoms with E-state index in [0.29, 0.717) is 5.75 Å². The Kier molecular flexibility index (Phi) is 6.06. The van der Waals surface area contributed by atoms with Crippen LogP contribution in [0.1, 0.15) is 5.56 Å². The molecule has 112 valence electrons. The van der Waals surface area contributed by atoms with E-state index < -0.39 is 0 Å². The van der Waals surface area contributed by atoms with E-state index in [1.165, 1.54) is 5.56 Å². The predicted molar refractivity (Wildman–Crippen MR) is 83.1 cm³/mol. The molecule has 2 rings (SSSR count). The fraction of sp³-hybridized carbons (Fsp3) is 0.294. The fourth-order valence-electron chi connectivity index (χ4n) is 1.91. The van der Waals surface area contributed by atoms with E-state index in [2.05, 4.69) is 5.32 Å². The zero-order valence-electron chi connectivity index (χ0n) is 12.5. The normalized spacial score (nSPS) is 10.4. The molecule has 0 heterocycles. The van der Waals surface area contributed by atoms with Crippen molar-refractivity contribution in [1.82, 2.24) is 5.32 Å². The van der Waals surface area contributed by atoms with Gasteiger partial charge in [-0.1, -0.05) is 24.3 Å². The number of hydrogen-bond acceptors (Lipinski definition) is 4. The van der Waals surface area contributed by atoms with Gasteiger partial charge in [0.05, 0.1) is 13.7 Å². The zero-order valence-corrected chi connectivity index (χ0v) is 12.5. The van der Waals surface area contributed by atoms with Gasteiger partial charge in [0.2, 0.25) is 0 Å². The molecule has 0 bridgehead atoms. The van der Waals surface area contributed by atoms with Gasteiger partial charge >= 0.3 is 0 Å². The van der Waals surface area contributed by atoms with Crippen LogP contribution in [-0.4, -0.2) is 27.4 Å². The fourth-order valence-corrected chi connectivity index (χ4v) is 1.91. The lowest BCUT2D eigenvalue weighted by Crippen LogP contribution is -2.18. The first-order valence-electron chi connectivity index (χ1n) is 6.93. The van der Waals surface area contributed by atoms with E-state index in [0.717, 1.165) is 31.2 Å². The van der Waals surface area contributed by atoms with Gasteiger partial charge in [0.1, 0.15) is 5.75 Å². The molecule has 0 fully saturated rings. The Morgan fingerprint density at radius 1 is 0.905 bits per heavy atom. The second-order valence-electron chi connectivity index (χ2n) is 4.57. The Morgan fingerprint density at radius 3 is 2.29 bits per heavy atom. The Morgan fingerprint density at radius 2 is 1.62 bits per heavy atom. The third kappa shape index (κ3) is 4.77. The van der Waals surface area contributed by atoms with Crippen molar-refractivity contribution in [3.63, 3.8) is 0 Å². The molecule has 0 saturated carbocycles. The van der Waals surface area contributed by atoms with E-state index in [1.807, 2.05) is 48.5 Å². The second kappa shape index (κ2) is 8.29. The summed E-state index contributed by atoms with van der Waals surface area (Å²) in [6.45, 7) is 2.38. The number of ether oxygens (including phenoxy) is 3. The minimum absolute atomic E-state index is 0.714. The third-order valence-corrected chi connectivity index (χ3v) is 3.03. The molecule has 0 aliphatic carbocycles. The maximum absolute atomic E-state index is 5.83. The molecular formula is C17H21NO3. The molecule has 4 nitrogen and oxygen atoms in total. The first kappa shape index (κ1) is 15.4. The van der Waals surface area contributed by atoms with E-state index in [1.54, 1.807) is 14.2 Å². The van der Waals surface area contributed by atoms with Crippen molar-refractivity contribution in [2.24, 2.45) is 0 Å². The summed E-state index contributed by atoms with van der Waals surface area (Å²) in [5.74, 6) is 2.23. The summed E-state index contributed by atoms with van der Waals surface area (Å²) in [6.07, 6.45) is 0. The SMILES string of the molecule is COCCNCc1ccc(Oc2ccccc2OC)cc1. The number of para-hydroxylation sites is 2. The summed E-state index contributed by atoms with van der Waals surface area (Å²) in [4.78, 5) is 0. The van der Waals surface area contributed by atoms with Crippen molar-refractivity contribution in [3.05, 3.63) is 54.1 Å². The Balaban J connectivity index is 1.93. The number of benzene rings is 2. The van der Waals surface area contributed by atoms with Crippen LogP contribution in [0.2, 0.25) is 0 Å². The molecule has 2 aromatic rings. The van der Waals surface area contributed by atoms with Gasteiger partial charge < -0.3 is 19.5 Å². The highest BCUT2D eigenvalue weighted by Crippen LogP contribution is 2.30. The molecule has 0 aliphatic rings. The largest absolute Gasteiger partial charge is 0.493 e. The predicted octanol–water partition coefficient (Wildman–Crippen LogP) is 3.22. The van der Waals surface area contributed by atoms with Crippen LogP contribution in [0.4, 0.5) is 0 Å². The highest BCUT2D eigenvalue weighted by atomic mass is 16.5. The third-order valence-electron chi connectivity index (χ3n) is 3.03. The Hall–Kier alpha value is -2.04. The summed E-state index contributed by atoms with van der Waals surface area (Å²) < 4.78 is 16.1. The average molecular weight is 287 g/mol. The van der Waals surface area contributed by atoms with Crippen molar-refractivity contribution in [2.75, 3.05) is 27.4 Å². The molecule has 0 aliphatic heterocycles. The molecule has 1 N–H and O–H groups in total. The Labute approximate surface area is 125 Å². The molecule has 0 aromatic heterocycles. The molecular weight excluding hydrogens is 266 g/mol. The minimum atomic E-state index is 0.714. The van der Waals surface area contributed by atoms with Crippen LogP contribution in [0, 0.1) is 0 Å². The molecule has 21 heavy (non-hydrogen) atoms. The van der Waals surface area contributed by atoms with Crippen LogP contribution in [-0.2, 0) is 11.3 Å². The lowest BCUT2D eigenvalue weighted by atomic mass is 10.2. The lowest BCUT2D eigenvalue weighted by molar-refractivity contribution is 0.199. The van der Waals surface area contributed by atoms with Crippen molar-refractivity contribution < 1.29 is 14.2 Å². The summed E-state index contributed by atoms with van der Waals surface area (Å²) >= 11 is 0. The van der Waals surface area contributed by atoms with Gasteiger partial charge in [0, 0.05) is 20.2 Å². The first-order chi connectivity index (χ1) is 10.3. The highest BCUT2D eigenvalue weighted by Gasteiger charge is 2.04. The smallest absolute Gasteiger partial charge is 0.169 e. The average Bonchev–Trinajstić information content (AvgIpc) is 2.54. The van der Waals surface area contributed by atoms with Gasteiger partial charge in [-0.15, -0.1) is 0 Å². The number of rotatable bonds is 8. The molecule has 0 saturated heterocycles. The minimum Gasteiger partial charge on any atom is -0.493 e. The number of hydrogen-bond donors (Lipinski definition) is 1. The van der Waals surface area contributed by atoms with Gasteiger partial charge in [0.25, 0.3) is 0 Å². The van der Waals surface area contributed by atoms with Gasteiger partial charge in [-0.2, -0.15) is 0 Å². The molecule has 0 unspecified atom stereocenters. The second-order valence-corrected chi connectivity index (χ2v) is 4.57. The van der Waals surface area contributed by atoms with Gasteiger partial charge in [0.15, 0.2) is 11.5 Å². The van der Waals surface area contributed by atoms with E-state index >= 15 is 0 Å². The van der Waals surface area contributed by atoms with Crippen LogP contribution in [0.5, 0.6) is 17.2 Å². The van der Waals surface area contributed by atoms with E-state index in [-0.39, 0.29) is 0 Å². The van der Waals surface area contributed by atoms with Crippen molar-refractivity contribution in [3.8, 4) is 17.2 Å². The van der Waals surface area contributed by atoms with Gasteiger partial charge in [-0.3, -0.25) is 0 Å². The van der Waals surface area contributed by atoms with Gasteiger partial charge in [-0.05, 0) is 29.8 Å². The lowest BCUT2D eigenvalue weighted by Gasteiger charge is -2.10. The first-order valence-corrected chi connectivity index (χ1v) is 6.93. The number of nitrogens with one attached hydrogen (secondary N) is 1. The Bertz CT molecular complexity index is 540.